The van der Waals surface area contributed by atoms with Crippen molar-refractivity contribution < 1.29 is 60.2 Å². The van der Waals surface area contributed by atoms with E-state index < -0.39 is 53.5 Å². The van der Waals surface area contributed by atoms with Crippen LogP contribution in [-0.4, -0.2) is 80.4 Å². The van der Waals surface area contributed by atoms with Gasteiger partial charge in [0.15, 0.2) is 5.71 Å². The third kappa shape index (κ3) is 10.9. The van der Waals surface area contributed by atoms with E-state index in [1.807, 2.05) is 29.2 Å². The van der Waals surface area contributed by atoms with Gasteiger partial charge in [0.25, 0.3) is 0 Å². The van der Waals surface area contributed by atoms with Gasteiger partial charge in [0.2, 0.25) is 11.6 Å². The van der Waals surface area contributed by atoms with Gasteiger partial charge >= 0.3 is 29.2 Å². The Labute approximate surface area is 409 Å². The van der Waals surface area contributed by atoms with Gasteiger partial charge in [-0.15, -0.1) is 0 Å². The van der Waals surface area contributed by atoms with Crippen molar-refractivity contribution in [3.8, 4) is 11.8 Å². The van der Waals surface area contributed by atoms with Crippen molar-refractivity contribution in [1.82, 2.24) is 14.9 Å². The monoisotopic (exact) mass is 1030 g/mol. The molecule has 1 amide bonds. The van der Waals surface area contributed by atoms with Gasteiger partial charge < -0.3 is 35.4 Å². The molecule has 19 nitrogen and oxygen atoms in total. The highest BCUT2D eigenvalue weighted by atomic mass is 31.3. The number of nitrogens with two attached hydrogens (primary N) is 1. The summed E-state index contributed by atoms with van der Waals surface area (Å²) in [5.74, 6) is 5.29. The van der Waals surface area contributed by atoms with Crippen LogP contribution in [0.5, 0.6) is 0 Å². The molecule has 4 heterocycles. The van der Waals surface area contributed by atoms with Gasteiger partial charge in [-0.3, -0.25) is 18.4 Å². The zero-order chi connectivity index (χ0) is 51.1. The van der Waals surface area contributed by atoms with Crippen molar-refractivity contribution in [1.29, 1.82) is 0 Å². The first-order valence-electron chi connectivity index (χ1n) is 22.4. The van der Waals surface area contributed by atoms with Crippen molar-refractivity contribution in [2.24, 2.45) is 0 Å². The number of nitrogens with zero attached hydrogens (tertiary/aromatic N) is 4. The van der Waals surface area contributed by atoms with E-state index >= 15 is 0 Å². The molecule has 4 aromatic carbocycles. The minimum absolute atomic E-state index is 0.00291. The van der Waals surface area contributed by atoms with E-state index in [2.05, 4.69) is 153 Å². The number of carbonyl (C=O) groups excluding carboxylic acids is 1. The SMILES string of the molecule is COP(=O)(O)OP(=O)(O)OP(=O)(O)OC[C@@H]1CC[C@H](n2cc(C#CCNC(=O)CN3C(=CC=CC=CC4=[N+](C)c5ccc6ccccc6c5C4(C)C)C(C)(C)c4c3ccc3ccccc43)c(N)nc2=O)O1. The number of aromatic nitrogens is 2. The smallest absolute Gasteiger partial charge is 0.382 e. The second kappa shape index (κ2) is 20.0. The number of ether oxygens (including phenoxy) is 1. The van der Waals surface area contributed by atoms with Gasteiger partial charge in [0.1, 0.15) is 25.6 Å². The molecule has 8 rings (SSSR count). The summed E-state index contributed by atoms with van der Waals surface area (Å²) in [6.45, 7) is 8.12. The summed E-state index contributed by atoms with van der Waals surface area (Å²) >= 11 is 0. The van der Waals surface area contributed by atoms with Gasteiger partial charge in [-0.2, -0.15) is 18.2 Å². The molecule has 22 heteroatoms. The molecule has 0 aliphatic carbocycles. The number of anilines is 2. The van der Waals surface area contributed by atoms with Crippen molar-refractivity contribution in [2.45, 2.75) is 63.7 Å². The average molecular weight is 1030 g/mol. The van der Waals surface area contributed by atoms with Gasteiger partial charge in [-0.1, -0.05) is 98.5 Å². The molecule has 1 aromatic heterocycles. The maximum absolute atomic E-state index is 13.8. The standard InChI is InChI=1S/C49H53N6O13P3/c1-48(2)40(53(5)38-25-22-32-15-10-12-18-36(32)44(38)48)20-8-7-9-21-41-49(3,4)45-37-19-13-11-16-33(37)23-26-39(45)54(41)30-42(56)51-28-14-17-34-29-55(47(57)52-46(34)50)43-27-24-35(66-43)31-65-70(60,61)68-71(62,63)67-69(58,59)64-6/h7-13,15-16,18-23,25-26,29,35,43H,24,27-28,30-31H2,1-6H3,(H5-,50,51,52,56,57,58,59,60,61,62,63)/p+1/t35-,43+/m0/s1. The first-order valence-corrected chi connectivity index (χ1v) is 26.9. The summed E-state index contributed by atoms with van der Waals surface area (Å²) in [6.07, 6.45) is 10.2. The molecule has 6 N–H and O–H groups in total. The number of benzene rings is 4. The Bertz CT molecular complexity index is 3370. The minimum Gasteiger partial charge on any atom is -0.382 e. The molecule has 3 aliphatic rings. The van der Waals surface area contributed by atoms with E-state index in [0.29, 0.717) is 7.11 Å². The number of carbonyl (C=O) groups is 1. The fraction of sp³-hybridized carbons (Fsp3) is 0.306. The third-order valence-corrected chi connectivity index (χ3v) is 17.0. The van der Waals surface area contributed by atoms with Crippen LogP contribution in [0.1, 0.15) is 63.5 Å². The second-order valence-electron chi connectivity index (χ2n) is 18.1. The third-order valence-electron chi connectivity index (χ3n) is 12.7. The molecule has 5 atom stereocenters. The molecule has 0 bridgehead atoms. The summed E-state index contributed by atoms with van der Waals surface area (Å²) in [7, 11) is -13.2. The van der Waals surface area contributed by atoms with Crippen molar-refractivity contribution >= 4 is 73.8 Å². The molecule has 372 valence electrons. The molecular formula is C49H54N6O13P3+. The molecule has 0 spiro atoms. The highest BCUT2D eigenvalue weighted by Crippen LogP contribution is 2.67. The molecular weight excluding hydrogens is 973 g/mol. The fourth-order valence-electron chi connectivity index (χ4n) is 9.55. The summed E-state index contributed by atoms with van der Waals surface area (Å²) in [6, 6.07) is 25.2. The van der Waals surface area contributed by atoms with Crippen LogP contribution >= 0.6 is 23.5 Å². The number of phosphoric acid groups is 3. The molecule has 71 heavy (non-hydrogen) atoms. The quantitative estimate of drug-likeness (QED) is 0.0290. The van der Waals surface area contributed by atoms with Crippen LogP contribution in [0.3, 0.4) is 0 Å². The number of hydrogen-bond donors (Lipinski definition) is 5. The first kappa shape index (κ1) is 51.5. The maximum atomic E-state index is 13.8. The normalized spacial score (nSPS) is 21.3. The molecule has 5 aromatic rings. The lowest BCUT2D eigenvalue weighted by Gasteiger charge is -2.26. The molecule has 0 saturated carbocycles. The van der Waals surface area contributed by atoms with Gasteiger partial charge in [-0.25, -0.2) is 18.5 Å². The van der Waals surface area contributed by atoms with Crippen LogP contribution in [0.2, 0.25) is 0 Å². The highest BCUT2D eigenvalue weighted by Gasteiger charge is 2.45. The van der Waals surface area contributed by atoms with Gasteiger partial charge in [-0.05, 0) is 72.0 Å². The lowest BCUT2D eigenvalue weighted by atomic mass is 9.79. The fourth-order valence-corrected chi connectivity index (χ4v) is 12.8. The van der Waals surface area contributed by atoms with E-state index in [1.54, 1.807) is 0 Å². The average Bonchev–Trinajstić information content (AvgIpc) is 3.92. The highest BCUT2D eigenvalue weighted by molar-refractivity contribution is 7.66. The number of rotatable bonds is 15. The van der Waals surface area contributed by atoms with Gasteiger partial charge in [0.05, 0.1) is 30.2 Å². The number of amides is 1. The molecule has 0 radical (unpaired) electrons. The van der Waals surface area contributed by atoms with E-state index in [1.165, 1.54) is 33.9 Å². The number of nitrogen functional groups attached to an aromatic ring is 1. The van der Waals surface area contributed by atoms with Crippen LogP contribution in [0.4, 0.5) is 17.2 Å². The summed E-state index contributed by atoms with van der Waals surface area (Å²) in [4.78, 5) is 61.3. The lowest BCUT2D eigenvalue weighted by Crippen LogP contribution is -2.37. The van der Waals surface area contributed by atoms with Crippen LogP contribution in [0.15, 0.2) is 120 Å². The van der Waals surface area contributed by atoms with Crippen molar-refractivity contribution in [3.63, 3.8) is 0 Å². The second-order valence-corrected chi connectivity index (χ2v) is 22.8. The summed E-state index contributed by atoms with van der Waals surface area (Å²) in [5, 5.41) is 7.54. The van der Waals surface area contributed by atoms with Crippen LogP contribution in [-0.2, 0) is 51.7 Å². The topological polar surface area (TPSA) is 254 Å². The number of fused-ring (bicyclic) bond motifs is 6. The number of phosphoric ester groups is 2. The Hall–Kier alpha value is -5.83. The summed E-state index contributed by atoms with van der Waals surface area (Å²) < 4.78 is 61.6. The molecule has 3 aliphatic heterocycles. The van der Waals surface area contributed by atoms with Crippen LogP contribution in [0.25, 0.3) is 21.5 Å². The van der Waals surface area contributed by atoms with E-state index in [4.69, 9.17) is 15.0 Å². The maximum Gasteiger partial charge on any atom is 0.490 e. The number of hydrogen-bond acceptors (Lipinski definition) is 13. The van der Waals surface area contributed by atoms with Crippen molar-refractivity contribution in [2.75, 3.05) is 44.5 Å². The Morgan fingerprint density at radius 2 is 1.56 bits per heavy atom. The van der Waals surface area contributed by atoms with E-state index in [9.17, 15) is 38.0 Å². The van der Waals surface area contributed by atoms with E-state index in [-0.39, 0.29) is 48.6 Å². The van der Waals surface area contributed by atoms with Crippen molar-refractivity contribution in [3.05, 3.63) is 142 Å². The largest absolute Gasteiger partial charge is 0.490 e. The predicted molar refractivity (Wildman–Crippen MR) is 269 cm³/mol. The van der Waals surface area contributed by atoms with Crippen LogP contribution < -0.4 is 21.6 Å². The van der Waals surface area contributed by atoms with Crippen LogP contribution in [0, 0.1) is 11.8 Å². The molecule has 1 fully saturated rings. The Balaban J connectivity index is 0.937. The Morgan fingerprint density at radius 1 is 0.901 bits per heavy atom. The zero-order valence-electron chi connectivity index (χ0n) is 39.7. The Kier molecular flexibility index (Phi) is 14.5. The molecule has 1 saturated heterocycles. The number of allylic oxidation sites excluding steroid dienone is 6. The summed E-state index contributed by atoms with van der Waals surface area (Å²) in [5.41, 5.74) is 11.4. The van der Waals surface area contributed by atoms with E-state index in [0.717, 1.165) is 32.3 Å². The zero-order valence-corrected chi connectivity index (χ0v) is 42.4. The first-order chi connectivity index (χ1) is 33.5. The predicted octanol–water partition coefficient (Wildman–Crippen LogP) is 7.77. The number of nitrogens with one attached hydrogen (secondary N) is 1. The van der Waals surface area contributed by atoms with Gasteiger partial charge in [0, 0.05) is 47.8 Å². The lowest BCUT2D eigenvalue weighted by molar-refractivity contribution is -0.401. The minimum atomic E-state index is -5.59. The molecule has 3 unspecified atom stereocenters. The Morgan fingerprint density at radius 3 is 2.27 bits per heavy atom.